The van der Waals surface area contributed by atoms with Gasteiger partial charge in [-0.15, -0.1) is 0 Å². The standard InChI is InChI=1S/C11H23NO3/c1-8(2)7-9(13)12(6)10(14)15-11(3,4)5/h8-9,13H,7H2,1-6H3. The third kappa shape index (κ3) is 6.33. The predicted octanol–water partition coefficient (Wildman–Crippen LogP) is 2.22. The molecule has 0 aliphatic rings. The molecule has 1 N–H and O–H groups in total. The van der Waals surface area contributed by atoms with Crippen LogP contribution in [0.1, 0.15) is 41.0 Å². The topological polar surface area (TPSA) is 49.8 Å². The van der Waals surface area contributed by atoms with Gasteiger partial charge in [-0.25, -0.2) is 4.79 Å². The third-order valence-electron chi connectivity index (χ3n) is 1.81. The van der Waals surface area contributed by atoms with E-state index in [2.05, 4.69) is 0 Å². The maximum atomic E-state index is 11.5. The minimum atomic E-state index is -0.778. The second kappa shape index (κ2) is 5.35. The first kappa shape index (κ1) is 14.2. The lowest BCUT2D eigenvalue weighted by Gasteiger charge is -2.28. The van der Waals surface area contributed by atoms with Crippen LogP contribution in [0.3, 0.4) is 0 Å². The van der Waals surface area contributed by atoms with Crippen LogP contribution >= 0.6 is 0 Å². The van der Waals surface area contributed by atoms with Gasteiger partial charge in [0, 0.05) is 7.05 Å². The van der Waals surface area contributed by atoms with Crippen molar-refractivity contribution < 1.29 is 14.6 Å². The molecule has 90 valence electrons. The zero-order valence-corrected chi connectivity index (χ0v) is 10.6. The van der Waals surface area contributed by atoms with Crippen molar-refractivity contribution in [3.05, 3.63) is 0 Å². The lowest BCUT2D eigenvalue weighted by atomic mass is 10.1. The van der Waals surface area contributed by atoms with E-state index in [1.54, 1.807) is 27.8 Å². The van der Waals surface area contributed by atoms with Gasteiger partial charge in [0.15, 0.2) is 0 Å². The Morgan fingerprint density at radius 2 is 1.87 bits per heavy atom. The summed E-state index contributed by atoms with van der Waals surface area (Å²) in [5.74, 6) is 0.338. The molecule has 0 aliphatic heterocycles. The lowest BCUT2D eigenvalue weighted by Crippen LogP contribution is -2.41. The largest absolute Gasteiger partial charge is 0.444 e. The van der Waals surface area contributed by atoms with Gasteiger partial charge in [-0.2, -0.15) is 0 Å². The van der Waals surface area contributed by atoms with Crippen molar-refractivity contribution in [2.45, 2.75) is 52.9 Å². The smallest absolute Gasteiger partial charge is 0.412 e. The highest BCUT2D eigenvalue weighted by atomic mass is 16.6. The Morgan fingerprint density at radius 3 is 2.20 bits per heavy atom. The first-order valence-corrected chi connectivity index (χ1v) is 5.27. The number of hydrogen-bond acceptors (Lipinski definition) is 3. The van der Waals surface area contributed by atoms with Crippen molar-refractivity contribution in [2.75, 3.05) is 7.05 Å². The molecule has 0 heterocycles. The van der Waals surface area contributed by atoms with E-state index in [4.69, 9.17) is 4.74 Å². The first-order valence-electron chi connectivity index (χ1n) is 5.27. The highest BCUT2D eigenvalue weighted by Gasteiger charge is 2.24. The van der Waals surface area contributed by atoms with E-state index in [1.165, 1.54) is 4.90 Å². The molecule has 0 aromatic carbocycles. The van der Waals surface area contributed by atoms with Crippen LogP contribution in [0, 0.1) is 5.92 Å². The molecule has 4 heteroatoms. The lowest BCUT2D eigenvalue weighted by molar-refractivity contribution is -0.0264. The normalized spacial score (nSPS) is 13.9. The summed E-state index contributed by atoms with van der Waals surface area (Å²) in [5, 5.41) is 9.68. The van der Waals surface area contributed by atoms with Crippen LogP contribution < -0.4 is 0 Å². The average Bonchev–Trinajstić information content (AvgIpc) is 1.98. The monoisotopic (exact) mass is 217 g/mol. The van der Waals surface area contributed by atoms with Crippen LogP contribution in [0.2, 0.25) is 0 Å². The molecule has 0 aliphatic carbocycles. The number of aliphatic hydroxyl groups excluding tert-OH is 1. The predicted molar refractivity (Wildman–Crippen MR) is 59.5 cm³/mol. The summed E-state index contributed by atoms with van der Waals surface area (Å²) in [4.78, 5) is 12.8. The average molecular weight is 217 g/mol. The number of carbonyl (C=O) groups excluding carboxylic acids is 1. The molecule has 1 amide bonds. The highest BCUT2D eigenvalue weighted by Crippen LogP contribution is 2.13. The van der Waals surface area contributed by atoms with Crippen LogP contribution in [0.15, 0.2) is 0 Å². The summed E-state index contributed by atoms with van der Waals surface area (Å²) in [6.07, 6.45) is -0.717. The zero-order valence-electron chi connectivity index (χ0n) is 10.6. The number of ether oxygens (including phenoxy) is 1. The van der Waals surface area contributed by atoms with Crippen LogP contribution in [-0.2, 0) is 4.74 Å². The minimum Gasteiger partial charge on any atom is -0.444 e. The van der Waals surface area contributed by atoms with Crippen molar-refractivity contribution in [3.8, 4) is 0 Å². The van der Waals surface area contributed by atoms with Crippen molar-refractivity contribution in [3.63, 3.8) is 0 Å². The zero-order chi connectivity index (χ0) is 12.2. The van der Waals surface area contributed by atoms with Gasteiger partial charge < -0.3 is 9.84 Å². The fraction of sp³-hybridized carbons (Fsp3) is 0.909. The number of hydrogen-bond donors (Lipinski definition) is 1. The molecule has 0 spiro atoms. The van der Waals surface area contributed by atoms with Gasteiger partial charge in [0.2, 0.25) is 0 Å². The van der Waals surface area contributed by atoms with E-state index in [9.17, 15) is 9.90 Å². The number of carbonyl (C=O) groups is 1. The van der Waals surface area contributed by atoms with Gasteiger partial charge in [-0.05, 0) is 33.1 Å². The van der Waals surface area contributed by atoms with E-state index in [0.29, 0.717) is 12.3 Å². The van der Waals surface area contributed by atoms with Crippen molar-refractivity contribution >= 4 is 6.09 Å². The minimum absolute atomic E-state index is 0.338. The fourth-order valence-corrected chi connectivity index (χ4v) is 1.04. The van der Waals surface area contributed by atoms with Gasteiger partial charge >= 0.3 is 6.09 Å². The van der Waals surface area contributed by atoms with E-state index >= 15 is 0 Å². The molecule has 0 aromatic rings. The summed E-state index contributed by atoms with van der Waals surface area (Å²) in [6.45, 7) is 9.38. The molecule has 0 bridgehead atoms. The number of nitrogens with zero attached hydrogens (tertiary/aromatic N) is 1. The second-order valence-electron chi connectivity index (χ2n) is 5.20. The van der Waals surface area contributed by atoms with Gasteiger partial charge in [0.1, 0.15) is 11.8 Å². The van der Waals surface area contributed by atoms with E-state index in [0.717, 1.165) is 0 Å². The van der Waals surface area contributed by atoms with Crippen LogP contribution in [0.4, 0.5) is 4.79 Å². The van der Waals surface area contributed by atoms with E-state index in [-0.39, 0.29) is 0 Å². The number of aliphatic hydroxyl groups is 1. The van der Waals surface area contributed by atoms with E-state index in [1.807, 2.05) is 13.8 Å². The Morgan fingerprint density at radius 1 is 1.40 bits per heavy atom. The molecular weight excluding hydrogens is 194 g/mol. The van der Waals surface area contributed by atoms with Gasteiger partial charge in [0.25, 0.3) is 0 Å². The number of amides is 1. The molecule has 1 atom stereocenters. The Labute approximate surface area is 92.2 Å². The van der Waals surface area contributed by atoms with Gasteiger partial charge in [0.05, 0.1) is 0 Å². The molecule has 0 fully saturated rings. The molecule has 0 saturated carbocycles. The molecule has 0 radical (unpaired) electrons. The molecule has 1 unspecified atom stereocenters. The second-order valence-corrected chi connectivity index (χ2v) is 5.20. The Kier molecular flexibility index (Phi) is 5.08. The summed E-state index contributed by atoms with van der Waals surface area (Å²) >= 11 is 0. The molecule has 4 nitrogen and oxygen atoms in total. The molecular formula is C11H23NO3. The van der Waals surface area contributed by atoms with Crippen LogP contribution in [0.25, 0.3) is 0 Å². The third-order valence-corrected chi connectivity index (χ3v) is 1.81. The maximum Gasteiger partial charge on any atom is 0.412 e. The molecule has 0 rings (SSSR count). The molecule has 0 aromatic heterocycles. The summed E-state index contributed by atoms with van der Waals surface area (Å²) in [6, 6.07) is 0. The van der Waals surface area contributed by atoms with Gasteiger partial charge in [-0.1, -0.05) is 13.8 Å². The van der Waals surface area contributed by atoms with Crippen LogP contribution in [-0.4, -0.2) is 35.0 Å². The van der Waals surface area contributed by atoms with E-state index < -0.39 is 17.9 Å². The van der Waals surface area contributed by atoms with Crippen molar-refractivity contribution in [2.24, 2.45) is 5.92 Å². The Bertz CT molecular complexity index is 208. The molecule has 0 saturated heterocycles. The molecule has 15 heavy (non-hydrogen) atoms. The summed E-state index contributed by atoms with van der Waals surface area (Å²) in [5.41, 5.74) is -0.525. The van der Waals surface area contributed by atoms with Gasteiger partial charge in [-0.3, -0.25) is 4.90 Å². The first-order chi connectivity index (χ1) is 6.63. The highest BCUT2D eigenvalue weighted by molar-refractivity contribution is 5.67. The van der Waals surface area contributed by atoms with Crippen molar-refractivity contribution in [1.82, 2.24) is 4.90 Å². The Hall–Kier alpha value is -0.770. The quantitative estimate of drug-likeness (QED) is 0.737. The Balaban J connectivity index is 4.20. The van der Waals surface area contributed by atoms with Crippen molar-refractivity contribution in [1.29, 1.82) is 0 Å². The summed E-state index contributed by atoms with van der Waals surface area (Å²) in [7, 11) is 1.54. The van der Waals surface area contributed by atoms with Crippen LogP contribution in [0.5, 0.6) is 0 Å². The summed E-state index contributed by atoms with van der Waals surface area (Å²) < 4.78 is 5.13. The fourth-order valence-electron chi connectivity index (χ4n) is 1.04. The maximum absolute atomic E-state index is 11.5. The SMILES string of the molecule is CC(C)CC(O)N(C)C(=O)OC(C)(C)C. The number of rotatable bonds is 3.